The summed E-state index contributed by atoms with van der Waals surface area (Å²) < 4.78 is 1.83. The van der Waals surface area contributed by atoms with E-state index in [1.807, 2.05) is 25.3 Å². The summed E-state index contributed by atoms with van der Waals surface area (Å²) in [6.45, 7) is 6.21. The molecule has 0 saturated carbocycles. The molecule has 0 N–H and O–H groups in total. The molecule has 1 aromatic rings. The third kappa shape index (κ3) is 4.13. The van der Waals surface area contributed by atoms with Gasteiger partial charge in [-0.05, 0) is 0 Å². The van der Waals surface area contributed by atoms with Gasteiger partial charge in [0.25, 0.3) is 0 Å². The van der Waals surface area contributed by atoms with Crippen LogP contribution in [-0.4, -0.2) is 10.8 Å². The van der Waals surface area contributed by atoms with E-state index in [0.717, 1.165) is 0 Å². The molecule has 0 aromatic carbocycles. The van der Waals surface area contributed by atoms with Crippen LogP contribution < -0.4 is 28.5 Å². The number of ketones is 1. The molecule has 14 heavy (non-hydrogen) atoms. The summed E-state index contributed by atoms with van der Waals surface area (Å²) in [6, 6.07) is 0. The van der Waals surface area contributed by atoms with Crippen molar-refractivity contribution in [2.24, 2.45) is 5.41 Å². The number of Topliss-reactive ketones (excluding diaryl/α,β-unsaturated/α-hetero) is 1. The SMILES string of the molecule is CC(C)(C)C(=O)C[n+]1ccncc1.[I-]. The van der Waals surface area contributed by atoms with E-state index in [1.54, 1.807) is 24.8 Å². The van der Waals surface area contributed by atoms with Gasteiger partial charge in [0.05, 0.1) is 12.4 Å². The van der Waals surface area contributed by atoms with Gasteiger partial charge in [0.15, 0.2) is 12.4 Å². The fourth-order valence-electron chi connectivity index (χ4n) is 0.856. The number of nitrogens with zero attached hydrogens (tertiary/aromatic N) is 2. The Bertz CT molecular complexity index is 293. The summed E-state index contributed by atoms with van der Waals surface area (Å²) in [5.41, 5.74) is -0.268. The maximum Gasteiger partial charge on any atom is 0.207 e. The van der Waals surface area contributed by atoms with Crippen LogP contribution in [0.5, 0.6) is 0 Å². The summed E-state index contributed by atoms with van der Waals surface area (Å²) in [7, 11) is 0. The molecular formula is C10H15IN2O. The van der Waals surface area contributed by atoms with E-state index in [0.29, 0.717) is 6.54 Å². The monoisotopic (exact) mass is 306 g/mol. The molecule has 0 aliphatic rings. The first kappa shape index (κ1) is 13.5. The molecule has 1 rings (SSSR count). The molecule has 0 bridgehead atoms. The molecule has 0 saturated heterocycles. The third-order valence-electron chi connectivity index (χ3n) is 1.85. The maximum absolute atomic E-state index is 11.6. The van der Waals surface area contributed by atoms with Gasteiger partial charge in [-0.3, -0.25) is 9.78 Å². The molecule has 3 nitrogen and oxygen atoms in total. The maximum atomic E-state index is 11.6. The summed E-state index contributed by atoms with van der Waals surface area (Å²) in [5, 5.41) is 0. The number of carbonyl (C=O) groups excluding carboxylic acids is 1. The van der Waals surface area contributed by atoms with Crippen molar-refractivity contribution in [3.05, 3.63) is 24.8 Å². The predicted molar refractivity (Wildman–Crippen MR) is 48.9 cm³/mol. The number of halogens is 1. The van der Waals surface area contributed by atoms with Crippen molar-refractivity contribution in [2.45, 2.75) is 27.3 Å². The van der Waals surface area contributed by atoms with Crippen LogP contribution in [0.2, 0.25) is 0 Å². The van der Waals surface area contributed by atoms with Crippen LogP contribution in [-0.2, 0) is 11.3 Å². The second kappa shape index (κ2) is 5.38. The van der Waals surface area contributed by atoms with Gasteiger partial charge in [0, 0.05) is 5.41 Å². The van der Waals surface area contributed by atoms with Crippen LogP contribution in [0, 0.1) is 5.41 Å². The highest BCUT2D eigenvalue weighted by atomic mass is 127. The van der Waals surface area contributed by atoms with E-state index in [9.17, 15) is 4.79 Å². The lowest BCUT2D eigenvalue weighted by Crippen LogP contribution is -3.00. The van der Waals surface area contributed by atoms with E-state index < -0.39 is 0 Å². The van der Waals surface area contributed by atoms with Crippen LogP contribution in [0.1, 0.15) is 20.8 Å². The fraction of sp³-hybridized carbons (Fsp3) is 0.500. The second-order valence-electron chi connectivity index (χ2n) is 4.09. The Morgan fingerprint density at radius 2 is 1.79 bits per heavy atom. The van der Waals surface area contributed by atoms with Crippen molar-refractivity contribution >= 4 is 5.78 Å². The summed E-state index contributed by atoms with van der Waals surface area (Å²) in [4.78, 5) is 15.5. The Balaban J connectivity index is 0.00000169. The van der Waals surface area contributed by atoms with Gasteiger partial charge in [0.1, 0.15) is 0 Å². The molecule has 1 aromatic heterocycles. The average Bonchev–Trinajstić information content (AvgIpc) is 2.04. The number of rotatable bonds is 2. The molecule has 0 aliphatic carbocycles. The van der Waals surface area contributed by atoms with E-state index in [-0.39, 0.29) is 35.2 Å². The minimum absolute atomic E-state index is 0. The molecule has 4 heteroatoms. The zero-order chi connectivity index (χ0) is 9.90. The molecule has 0 fully saturated rings. The van der Waals surface area contributed by atoms with E-state index >= 15 is 0 Å². The lowest BCUT2D eigenvalue weighted by atomic mass is 9.91. The van der Waals surface area contributed by atoms with Crippen molar-refractivity contribution < 1.29 is 33.3 Å². The second-order valence-corrected chi connectivity index (χ2v) is 4.09. The number of hydrogen-bond donors (Lipinski definition) is 0. The number of hydrogen-bond acceptors (Lipinski definition) is 2. The van der Waals surface area contributed by atoms with Crippen LogP contribution >= 0.6 is 0 Å². The molecular weight excluding hydrogens is 291 g/mol. The van der Waals surface area contributed by atoms with Crippen molar-refractivity contribution in [2.75, 3.05) is 0 Å². The molecule has 0 radical (unpaired) electrons. The van der Waals surface area contributed by atoms with Crippen molar-refractivity contribution in [1.82, 2.24) is 4.98 Å². The molecule has 0 amide bonds. The van der Waals surface area contributed by atoms with Gasteiger partial charge in [-0.1, -0.05) is 20.8 Å². The van der Waals surface area contributed by atoms with Gasteiger partial charge in [-0.2, -0.15) is 4.57 Å². The first-order chi connectivity index (χ1) is 6.00. The predicted octanol–water partition coefficient (Wildman–Crippen LogP) is -2.01. The minimum atomic E-state index is -0.268. The normalized spacial score (nSPS) is 10.5. The van der Waals surface area contributed by atoms with E-state index in [1.165, 1.54) is 0 Å². The Kier molecular flexibility index (Phi) is 5.18. The fourth-order valence-corrected chi connectivity index (χ4v) is 0.856. The minimum Gasteiger partial charge on any atom is -1.00 e. The van der Waals surface area contributed by atoms with Crippen molar-refractivity contribution in [1.29, 1.82) is 0 Å². The zero-order valence-corrected chi connectivity index (χ0v) is 10.9. The van der Waals surface area contributed by atoms with Crippen molar-refractivity contribution in [3.8, 4) is 0 Å². The van der Waals surface area contributed by atoms with Gasteiger partial charge >= 0.3 is 0 Å². The summed E-state index contributed by atoms with van der Waals surface area (Å²) in [6.07, 6.45) is 6.94. The van der Waals surface area contributed by atoms with Gasteiger partial charge in [-0.25, -0.2) is 0 Å². The van der Waals surface area contributed by atoms with E-state index in [4.69, 9.17) is 0 Å². The van der Waals surface area contributed by atoms with Crippen molar-refractivity contribution in [3.63, 3.8) is 0 Å². The van der Waals surface area contributed by atoms with E-state index in [2.05, 4.69) is 4.98 Å². The number of carbonyl (C=O) groups is 1. The lowest BCUT2D eigenvalue weighted by molar-refractivity contribution is -0.685. The Hall–Kier alpha value is -0.520. The lowest BCUT2D eigenvalue weighted by Gasteiger charge is -2.13. The highest BCUT2D eigenvalue weighted by Crippen LogP contribution is 2.13. The Labute approximate surface area is 102 Å². The van der Waals surface area contributed by atoms with Crippen LogP contribution in [0.25, 0.3) is 0 Å². The summed E-state index contributed by atoms with van der Waals surface area (Å²) in [5.74, 6) is 0.226. The molecule has 0 atom stereocenters. The first-order valence-electron chi connectivity index (χ1n) is 4.32. The van der Waals surface area contributed by atoms with Crippen LogP contribution in [0.4, 0.5) is 0 Å². The Morgan fingerprint density at radius 3 is 2.21 bits per heavy atom. The summed E-state index contributed by atoms with van der Waals surface area (Å²) >= 11 is 0. The highest BCUT2D eigenvalue weighted by Gasteiger charge is 2.24. The molecule has 0 spiro atoms. The topological polar surface area (TPSA) is 33.8 Å². The zero-order valence-electron chi connectivity index (χ0n) is 8.70. The quantitative estimate of drug-likeness (QED) is 0.467. The highest BCUT2D eigenvalue weighted by molar-refractivity contribution is 5.82. The molecule has 78 valence electrons. The number of aromatic nitrogens is 2. The Morgan fingerprint density at radius 1 is 1.29 bits per heavy atom. The van der Waals surface area contributed by atoms with Gasteiger partial charge in [-0.15, -0.1) is 0 Å². The molecule has 0 unspecified atom stereocenters. The van der Waals surface area contributed by atoms with Gasteiger partial charge < -0.3 is 24.0 Å². The average molecular weight is 306 g/mol. The molecule has 1 heterocycles. The van der Waals surface area contributed by atoms with Gasteiger partial charge in [0.2, 0.25) is 12.3 Å². The smallest absolute Gasteiger partial charge is 0.207 e. The first-order valence-corrected chi connectivity index (χ1v) is 4.32. The standard InChI is InChI=1S/C10H15N2O.HI/c1-10(2,3)9(13)8-12-6-4-11-5-7-12;/h4-7H,8H2,1-3H3;1H/q+1;/p-1. The molecule has 0 aliphatic heterocycles. The van der Waals surface area contributed by atoms with Crippen LogP contribution in [0.3, 0.4) is 0 Å². The van der Waals surface area contributed by atoms with Crippen LogP contribution in [0.15, 0.2) is 24.8 Å². The largest absolute Gasteiger partial charge is 1.00 e. The third-order valence-corrected chi connectivity index (χ3v) is 1.85.